The summed E-state index contributed by atoms with van der Waals surface area (Å²) >= 11 is 0. The second-order valence-electron chi connectivity index (χ2n) is 8.99. The minimum absolute atomic E-state index is 0.0347. The Morgan fingerprint density at radius 3 is 2.85 bits per heavy atom. The molecule has 11 heteroatoms. The number of aryl methyl sites for hydroxylation is 1. The third kappa shape index (κ3) is 3.64. The minimum atomic E-state index is -0.699. The van der Waals surface area contributed by atoms with Crippen LogP contribution in [0.4, 0.5) is 10.1 Å². The molecule has 1 saturated carbocycles. The SMILES string of the molecule is Cc1c(N2CC[C@@H](C(NCCC#N)c3ncco3)C2)c(F)cc2c(=O)n(N)c(=O)n(C3CC3)c12. The molecular formula is C23H26FN7O3. The summed E-state index contributed by atoms with van der Waals surface area (Å²) in [5.41, 5.74) is 0.125. The van der Waals surface area contributed by atoms with Crippen molar-refractivity contribution in [1.29, 1.82) is 5.26 Å². The van der Waals surface area contributed by atoms with E-state index >= 15 is 4.39 Å². The van der Waals surface area contributed by atoms with E-state index in [1.54, 1.807) is 17.7 Å². The van der Waals surface area contributed by atoms with Gasteiger partial charge in [0.05, 0.1) is 34.9 Å². The van der Waals surface area contributed by atoms with Crippen LogP contribution < -0.4 is 27.3 Å². The molecule has 1 unspecified atom stereocenters. The average Bonchev–Trinajstić information content (AvgIpc) is 3.29. The fourth-order valence-corrected chi connectivity index (χ4v) is 5.11. The first-order chi connectivity index (χ1) is 16.4. The molecule has 3 heterocycles. The Morgan fingerprint density at radius 2 is 2.18 bits per heavy atom. The molecular weight excluding hydrogens is 441 g/mol. The number of aromatic nitrogens is 3. The normalized spacial score (nSPS) is 19.0. The van der Waals surface area contributed by atoms with Crippen LogP contribution in [0.2, 0.25) is 0 Å². The van der Waals surface area contributed by atoms with Gasteiger partial charge in [0.25, 0.3) is 5.56 Å². The van der Waals surface area contributed by atoms with Gasteiger partial charge in [-0.2, -0.15) is 9.94 Å². The largest absolute Gasteiger partial charge is 0.447 e. The van der Waals surface area contributed by atoms with Crippen LogP contribution in [-0.2, 0) is 0 Å². The van der Waals surface area contributed by atoms with Crippen molar-refractivity contribution in [2.45, 2.75) is 44.7 Å². The number of halogens is 1. The summed E-state index contributed by atoms with van der Waals surface area (Å²) in [5.74, 6) is 5.80. The van der Waals surface area contributed by atoms with Crippen LogP contribution in [0.15, 0.2) is 32.5 Å². The summed E-state index contributed by atoms with van der Waals surface area (Å²) in [7, 11) is 0. The van der Waals surface area contributed by atoms with E-state index in [4.69, 9.17) is 15.5 Å². The number of benzene rings is 1. The standard InChI is InChI=1S/C23H26FN7O3/c1-13-19-16(22(32)31(26)23(33)30(19)15-3-4-15)11-17(24)20(13)29-9-5-14(12-29)18(27-7-2-6-25)21-28-8-10-34-21/h8,10-11,14-15,18,27H,2-5,7,9,12,26H2,1H3/t14-,18?/m1/s1. The molecule has 1 aliphatic carbocycles. The maximum Gasteiger partial charge on any atom is 0.350 e. The van der Waals surface area contributed by atoms with Crippen molar-refractivity contribution >= 4 is 16.6 Å². The molecule has 2 atom stereocenters. The Kier molecular flexibility index (Phi) is 5.61. The van der Waals surface area contributed by atoms with Gasteiger partial charge in [0, 0.05) is 43.6 Å². The molecule has 2 aromatic heterocycles. The summed E-state index contributed by atoms with van der Waals surface area (Å²) in [6, 6.07) is 3.07. The van der Waals surface area contributed by atoms with E-state index in [-0.39, 0.29) is 23.4 Å². The maximum absolute atomic E-state index is 15.4. The number of nitriles is 1. The van der Waals surface area contributed by atoms with Gasteiger partial charge in [-0.3, -0.25) is 9.36 Å². The number of rotatable bonds is 7. The van der Waals surface area contributed by atoms with Crippen molar-refractivity contribution < 1.29 is 8.81 Å². The number of fused-ring (bicyclic) bond motifs is 1. The van der Waals surface area contributed by atoms with Crippen LogP contribution in [0.25, 0.3) is 10.9 Å². The molecule has 34 heavy (non-hydrogen) atoms. The highest BCUT2D eigenvalue weighted by atomic mass is 19.1. The quantitative estimate of drug-likeness (QED) is 0.396. The Labute approximate surface area is 194 Å². The number of nitrogens with zero attached hydrogens (tertiary/aromatic N) is 5. The van der Waals surface area contributed by atoms with E-state index in [1.165, 1.54) is 12.3 Å². The van der Waals surface area contributed by atoms with Gasteiger partial charge in [-0.25, -0.2) is 14.2 Å². The molecule has 2 aliphatic rings. The first-order valence-corrected chi connectivity index (χ1v) is 11.4. The van der Waals surface area contributed by atoms with Crippen molar-refractivity contribution in [1.82, 2.24) is 19.5 Å². The lowest BCUT2D eigenvalue weighted by molar-refractivity contribution is 0.318. The van der Waals surface area contributed by atoms with Gasteiger partial charge < -0.3 is 20.5 Å². The van der Waals surface area contributed by atoms with E-state index in [0.29, 0.717) is 53.4 Å². The average molecular weight is 468 g/mol. The fourth-order valence-electron chi connectivity index (χ4n) is 5.11. The van der Waals surface area contributed by atoms with E-state index in [9.17, 15) is 9.59 Å². The molecule has 10 nitrogen and oxygen atoms in total. The van der Waals surface area contributed by atoms with Crippen molar-refractivity contribution in [3.05, 3.63) is 56.6 Å². The van der Waals surface area contributed by atoms with Crippen molar-refractivity contribution in [2.75, 3.05) is 30.4 Å². The number of nitrogens with two attached hydrogens (primary N) is 1. The highest BCUT2D eigenvalue weighted by molar-refractivity contribution is 5.87. The topological polar surface area (TPSA) is 135 Å². The summed E-state index contributed by atoms with van der Waals surface area (Å²) in [5, 5.41) is 12.4. The maximum atomic E-state index is 15.4. The molecule has 2 fully saturated rings. The molecule has 5 rings (SSSR count). The lowest BCUT2D eigenvalue weighted by Gasteiger charge is -2.26. The van der Waals surface area contributed by atoms with Crippen LogP contribution in [0.1, 0.15) is 49.2 Å². The zero-order valence-corrected chi connectivity index (χ0v) is 18.8. The van der Waals surface area contributed by atoms with Gasteiger partial charge in [0.2, 0.25) is 5.89 Å². The van der Waals surface area contributed by atoms with E-state index < -0.39 is 17.1 Å². The van der Waals surface area contributed by atoms with Crippen LogP contribution >= 0.6 is 0 Å². The summed E-state index contributed by atoms with van der Waals surface area (Å²) in [6.45, 7) is 3.36. The third-order valence-corrected chi connectivity index (χ3v) is 6.81. The molecule has 0 amide bonds. The van der Waals surface area contributed by atoms with Crippen LogP contribution in [0, 0.1) is 30.0 Å². The Bertz CT molecular complexity index is 1390. The van der Waals surface area contributed by atoms with Gasteiger partial charge in [0.15, 0.2) is 0 Å². The molecule has 0 radical (unpaired) electrons. The Morgan fingerprint density at radius 1 is 1.38 bits per heavy atom. The number of nitrogen functional groups attached to an aromatic ring is 1. The molecule has 1 saturated heterocycles. The summed E-state index contributed by atoms with van der Waals surface area (Å²) < 4.78 is 23.1. The molecule has 0 bridgehead atoms. The third-order valence-electron chi connectivity index (χ3n) is 6.81. The predicted molar refractivity (Wildman–Crippen MR) is 123 cm³/mol. The second-order valence-corrected chi connectivity index (χ2v) is 8.99. The smallest absolute Gasteiger partial charge is 0.350 e. The minimum Gasteiger partial charge on any atom is -0.447 e. The second kappa shape index (κ2) is 8.61. The van der Waals surface area contributed by atoms with Crippen LogP contribution in [-0.4, -0.2) is 33.9 Å². The van der Waals surface area contributed by atoms with Crippen molar-refractivity contribution in [3.8, 4) is 6.07 Å². The lowest BCUT2D eigenvalue weighted by atomic mass is 9.98. The molecule has 178 valence electrons. The van der Waals surface area contributed by atoms with E-state index in [2.05, 4.69) is 16.4 Å². The molecule has 1 aliphatic heterocycles. The van der Waals surface area contributed by atoms with Gasteiger partial charge in [-0.05, 0) is 32.3 Å². The predicted octanol–water partition coefficient (Wildman–Crippen LogP) is 1.72. The van der Waals surface area contributed by atoms with Gasteiger partial charge in [-0.15, -0.1) is 0 Å². The first kappa shape index (κ1) is 22.2. The van der Waals surface area contributed by atoms with E-state index in [1.807, 2.05) is 4.90 Å². The number of oxazole rings is 1. The summed E-state index contributed by atoms with van der Waals surface area (Å²) in [4.78, 5) is 31.7. The molecule has 3 aromatic rings. The number of nitrogens with one attached hydrogen (secondary N) is 1. The monoisotopic (exact) mass is 467 g/mol. The lowest BCUT2D eigenvalue weighted by Crippen LogP contribution is -2.44. The molecule has 0 spiro atoms. The summed E-state index contributed by atoms with van der Waals surface area (Å²) in [6.07, 6.45) is 5.83. The molecule has 1 aromatic carbocycles. The number of hydrogen-bond donors (Lipinski definition) is 2. The Hall–Kier alpha value is -3.65. The highest BCUT2D eigenvalue weighted by Gasteiger charge is 2.36. The first-order valence-electron chi connectivity index (χ1n) is 11.4. The van der Waals surface area contributed by atoms with Crippen LogP contribution in [0.3, 0.4) is 0 Å². The zero-order chi connectivity index (χ0) is 24.0. The Balaban J connectivity index is 1.53. The van der Waals surface area contributed by atoms with Gasteiger partial charge in [-0.1, -0.05) is 0 Å². The fraction of sp³-hybridized carbons (Fsp3) is 0.478. The number of anilines is 1. The van der Waals surface area contributed by atoms with Crippen molar-refractivity contribution in [3.63, 3.8) is 0 Å². The van der Waals surface area contributed by atoms with Gasteiger partial charge in [0.1, 0.15) is 12.1 Å². The zero-order valence-electron chi connectivity index (χ0n) is 18.8. The van der Waals surface area contributed by atoms with Crippen LogP contribution in [0.5, 0.6) is 0 Å². The highest BCUT2D eigenvalue weighted by Crippen LogP contribution is 2.40. The van der Waals surface area contributed by atoms with Gasteiger partial charge >= 0.3 is 5.69 Å². The number of hydrogen-bond acceptors (Lipinski definition) is 8. The van der Waals surface area contributed by atoms with Crippen molar-refractivity contribution in [2.24, 2.45) is 5.92 Å². The van der Waals surface area contributed by atoms with E-state index in [0.717, 1.165) is 19.3 Å². The molecule has 3 N–H and O–H groups in total.